The van der Waals surface area contributed by atoms with Crippen LogP contribution in [-0.4, -0.2) is 21.2 Å². The Bertz CT molecular complexity index is 1330. The molecule has 6 nitrogen and oxygen atoms in total. The molecule has 0 aromatic heterocycles. The highest BCUT2D eigenvalue weighted by Gasteiger charge is 2.29. The Morgan fingerprint density at radius 2 is 1.63 bits per heavy atom. The van der Waals surface area contributed by atoms with Crippen LogP contribution in [-0.2, 0) is 22.1 Å². The van der Waals surface area contributed by atoms with Gasteiger partial charge in [-0.1, -0.05) is 91.3 Å². The van der Waals surface area contributed by atoms with Gasteiger partial charge in [-0.2, -0.15) is 0 Å². The normalized spacial score (nSPS) is 12.9. The van der Waals surface area contributed by atoms with E-state index in [1.54, 1.807) is 12.1 Å². The fourth-order valence-electron chi connectivity index (χ4n) is 4.53. The summed E-state index contributed by atoms with van der Waals surface area (Å²) in [6.07, 6.45) is 3.29. The first kappa shape index (κ1) is 29.7. The van der Waals surface area contributed by atoms with Crippen molar-refractivity contribution in [2.24, 2.45) is 5.73 Å². The maximum absolute atomic E-state index is 13.0. The molecule has 38 heavy (non-hydrogen) atoms. The van der Waals surface area contributed by atoms with Gasteiger partial charge in [-0.25, -0.2) is 0 Å². The molecule has 0 saturated heterocycles. The number of nitrogens with two attached hydrogens (primary N) is 1. The summed E-state index contributed by atoms with van der Waals surface area (Å²) in [4.78, 5) is 13.0. The lowest BCUT2D eigenvalue weighted by molar-refractivity contribution is 0.0999. The molecule has 0 fully saturated rings. The molecular formula is C31H41N2O4S-. The average molecular weight is 538 g/mol. The fourth-order valence-corrected chi connectivity index (χ4v) is 5.14. The number of benzene rings is 3. The molecular weight excluding hydrogens is 496 g/mol. The largest absolute Gasteiger partial charge is 0.755 e. The third-order valence-electron chi connectivity index (χ3n) is 7.85. The van der Waals surface area contributed by atoms with Gasteiger partial charge in [0.2, 0.25) is 0 Å². The quantitative estimate of drug-likeness (QED) is 0.242. The molecule has 1 unspecified atom stereocenters. The van der Waals surface area contributed by atoms with Gasteiger partial charge < -0.3 is 19.3 Å². The minimum atomic E-state index is -2.61. The molecule has 3 aromatic rings. The second kappa shape index (κ2) is 11.9. The zero-order chi connectivity index (χ0) is 28.3. The lowest BCUT2D eigenvalue weighted by Gasteiger charge is -2.32. The first-order valence-corrected chi connectivity index (χ1v) is 14.5. The third kappa shape index (κ3) is 6.05. The first-order valence-electron chi connectivity index (χ1n) is 13.4. The van der Waals surface area contributed by atoms with E-state index < -0.39 is 17.2 Å². The van der Waals surface area contributed by atoms with E-state index in [-0.39, 0.29) is 34.4 Å². The minimum Gasteiger partial charge on any atom is -0.755 e. The summed E-state index contributed by atoms with van der Waals surface area (Å²) in [5.74, 6) is 0.126. The molecule has 3 rings (SSSR count). The highest BCUT2D eigenvalue weighted by Crippen LogP contribution is 2.44. The number of carbonyl (C=O) groups excluding carboxylic acids is 1. The molecule has 0 spiro atoms. The molecule has 0 heterocycles. The molecule has 0 aliphatic rings. The number of primary amides is 1. The van der Waals surface area contributed by atoms with Crippen molar-refractivity contribution in [3.05, 3.63) is 65.2 Å². The molecule has 7 heteroatoms. The lowest BCUT2D eigenvalue weighted by atomic mass is 9.76. The zero-order valence-corrected chi connectivity index (χ0v) is 24.5. The predicted molar refractivity (Wildman–Crippen MR) is 157 cm³/mol. The van der Waals surface area contributed by atoms with Gasteiger partial charge in [0.1, 0.15) is 17.1 Å². The molecule has 0 aliphatic heterocycles. The highest BCUT2D eigenvalue weighted by molar-refractivity contribution is 7.80. The molecule has 0 saturated carbocycles. The van der Waals surface area contributed by atoms with Gasteiger partial charge in [-0.3, -0.25) is 9.00 Å². The van der Waals surface area contributed by atoms with Crippen LogP contribution in [0.15, 0.2) is 48.5 Å². The number of carbonyl (C=O) groups is 1. The molecule has 0 aliphatic carbocycles. The number of ether oxygens (including phenoxy) is 1. The molecule has 0 radical (unpaired) electrons. The van der Waals surface area contributed by atoms with Crippen molar-refractivity contribution in [3.63, 3.8) is 0 Å². The second-order valence-electron chi connectivity index (χ2n) is 11.1. The molecule has 0 bridgehead atoms. The minimum absolute atomic E-state index is 0.0103. The standard InChI is InChI=1S/C31H42N2O4S/c1-8-11-18-33(38(35)36)28-23-15-13-12-14-21(23)19-26(27(28)29(32)34)37-25-17-16-22(30(4,5)9-2)20-24(25)31(6,7)10-3/h12-17,19-20H,8-11,18H2,1-7H3,(H2,32,34)(H,35,36)/p-1. The van der Waals surface area contributed by atoms with Gasteiger partial charge in [0.05, 0.1) is 5.69 Å². The van der Waals surface area contributed by atoms with E-state index in [9.17, 15) is 13.6 Å². The van der Waals surface area contributed by atoms with E-state index in [0.29, 0.717) is 17.6 Å². The maximum atomic E-state index is 13.0. The topological polar surface area (TPSA) is 95.7 Å². The number of hydrogen-bond donors (Lipinski definition) is 1. The number of rotatable bonds is 12. The van der Waals surface area contributed by atoms with Crippen molar-refractivity contribution in [2.45, 2.75) is 85.0 Å². The van der Waals surface area contributed by atoms with E-state index in [1.807, 2.05) is 31.2 Å². The summed E-state index contributed by atoms with van der Waals surface area (Å²) in [5.41, 5.74) is 8.27. The molecule has 1 atom stereocenters. The third-order valence-corrected chi connectivity index (χ3v) is 8.58. The van der Waals surface area contributed by atoms with Gasteiger partial charge >= 0.3 is 0 Å². The Morgan fingerprint density at radius 3 is 2.21 bits per heavy atom. The Morgan fingerprint density at radius 1 is 0.974 bits per heavy atom. The summed E-state index contributed by atoms with van der Waals surface area (Å²) in [5, 5.41) is 1.39. The van der Waals surface area contributed by atoms with Crippen molar-refractivity contribution in [2.75, 3.05) is 10.8 Å². The summed E-state index contributed by atoms with van der Waals surface area (Å²) < 4.78 is 32.6. The van der Waals surface area contributed by atoms with Gasteiger partial charge in [-0.15, -0.1) is 0 Å². The van der Waals surface area contributed by atoms with Crippen molar-refractivity contribution in [1.82, 2.24) is 0 Å². The average Bonchev–Trinajstić information content (AvgIpc) is 2.88. The van der Waals surface area contributed by atoms with E-state index in [2.05, 4.69) is 53.7 Å². The van der Waals surface area contributed by atoms with Crippen LogP contribution in [0, 0.1) is 0 Å². The lowest BCUT2D eigenvalue weighted by Crippen LogP contribution is -2.30. The van der Waals surface area contributed by atoms with Crippen LogP contribution in [0.5, 0.6) is 11.5 Å². The highest BCUT2D eigenvalue weighted by atomic mass is 32.2. The summed E-state index contributed by atoms with van der Waals surface area (Å²) in [7, 11) is 0. The van der Waals surface area contributed by atoms with E-state index in [4.69, 9.17) is 10.5 Å². The monoisotopic (exact) mass is 537 g/mol. The van der Waals surface area contributed by atoms with Crippen molar-refractivity contribution in [1.29, 1.82) is 0 Å². The number of fused-ring (bicyclic) bond motifs is 1. The van der Waals surface area contributed by atoms with Crippen molar-refractivity contribution in [3.8, 4) is 11.5 Å². The number of nitrogens with zero attached hydrogens (tertiary/aromatic N) is 1. The van der Waals surface area contributed by atoms with Gasteiger partial charge in [-0.05, 0) is 53.2 Å². The maximum Gasteiger partial charge on any atom is 0.254 e. The summed E-state index contributed by atoms with van der Waals surface area (Å²) in [6.45, 7) is 15.3. The molecule has 1 amide bonds. The number of unbranched alkanes of at least 4 members (excludes halogenated alkanes) is 1. The number of hydrogen-bond acceptors (Lipinski definition) is 4. The molecule has 206 valence electrons. The summed E-state index contributed by atoms with van der Waals surface area (Å²) in [6, 6.07) is 15.4. The second-order valence-corrected chi connectivity index (χ2v) is 12.0. The van der Waals surface area contributed by atoms with Gasteiger partial charge in [0.15, 0.2) is 0 Å². The zero-order valence-electron chi connectivity index (χ0n) is 23.7. The van der Waals surface area contributed by atoms with Crippen molar-refractivity contribution < 1.29 is 18.3 Å². The van der Waals surface area contributed by atoms with E-state index in [1.165, 1.54) is 9.87 Å². The van der Waals surface area contributed by atoms with Gasteiger partial charge in [0, 0.05) is 28.8 Å². The Balaban J connectivity index is 2.32. The summed E-state index contributed by atoms with van der Waals surface area (Å²) >= 11 is -2.61. The van der Waals surface area contributed by atoms with E-state index in [0.717, 1.165) is 30.2 Å². The van der Waals surface area contributed by atoms with Gasteiger partial charge in [0.25, 0.3) is 5.91 Å². The van der Waals surface area contributed by atoms with Crippen LogP contribution in [0.25, 0.3) is 10.8 Å². The van der Waals surface area contributed by atoms with Crippen LogP contribution in [0.1, 0.15) is 95.6 Å². The first-order chi connectivity index (χ1) is 17.9. The van der Waals surface area contributed by atoms with Crippen LogP contribution in [0.4, 0.5) is 5.69 Å². The number of amides is 1. The Labute approximate surface area is 230 Å². The predicted octanol–water partition coefficient (Wildman–Crippen LogP) is 7.51. The Hall–Kier alpha value is -2.90. The SMILES string of the molecule is CCCCN(c1c(C(N)=O)c(Oc2ccc(C(C)(C)CC)cc2C(C)(C)CC)cc2ccccc12)S(=O)[O-]. The van der Waals surface area contributed by atoms with Crippen LogP contribution < -0.4 is 14.8 Å². The molecule has 3 aromatic carbocycles. The van der Waals surface area contributed by atoms with Crippen LogP contribution in [0.2, 0.25) is 0 Å². The van der Waals surface area contributed by atoms with Crippen LogP contribution in [0.3, 0.4) is 0 Å². The smallest absolute Gasteiger partial charge is 0.254 e. The fraction of sp³-hybridized carbons (Fsp3) is 0.452. The number of anilines is 1. The molecule has 2 N–H and O–H groups in total. The Kier molecular flexibility index (Phi) is 9.26. The van der Waals surface area contributed by atoms with Crippen molar-refractivity contribution >= 4 is 33.6 Å². The van der Waals surface area contributed by atoms with E-state index >= 15 is 0 Å². The van der Waals surface area contributed by atoms with Crippen LogP contribution >= 0.6 is 0 Å².